The van der Waals surface area contributed by atoms with Gasteiger partial charge in [-0.15, -0.1) is 0 Å². The number of benzene rings is 5. The molecule has 0 bridgehead atoms. The van der Waals surface area contributed by atoms with E-state index < -0.39 is 0 Å². The fourth-order valence-corrected chi connectivity index (χ4v) is 5.47. The van der Waals surface area contributed by atoms with Gasteiger partial charge in [0.2, 0.25) is 0 Å². The van der Waals surface area contributed by atoms with Crippen molar-refractivity contribution < 1.29 is 4.79 Å². The van der Waals surface area contributed by atoms with E-state index in [1.54, 1.807) is 0 Å². The quantitative estimate of drug-likeness (QED) is 0.218. The fraction of sp³-hybridized carbons (Fsp3) is 0.219. The standard InChI is InChI=1S/C32H30N2O/c35-32(26-14-13-25-17-23-8-1-2-9-24(23)18-28(25)19-26)33-16-6-5-10-29-20-31-27(21-34-29)15-12-22-7-3-4-11-30(22)31/h1-4,7-9,11-15,17-19,29,34H,5-6,10,16,20-21H2,(H,33,35). The zero-order chi connectivity index (χ0) is 23.6. The maximum Gasteiger partial charge on any atom is 0.251 e. The molecule has 174 valence electrons. The van der Waals surface area contributed by atoms with Gasteiger partial charge in [0.15, 0.2) is 0 Å². The lowest BCUT2D eigenvalue weighted by molar-refractivity contribution is 0.0953. The molecule has 0 saturated heterocycles. The maximum absolute atomic E-state index is 12.8. The molecule has 0 saturated carbocycles. The fourth-order valence-electron chi connectivity index (χ4n) is 5.47. The molecule has 1 aliphatic rings. The Balaban J connectivity index is 1.02. The second kappa shape index (κ2) is 9.52. The van der Waals surface area contributed by atoms with Gasteiger partial charge in [-0.05, 0) is 87.0 Å². The molecule has 2 N–H and O–H groups in total. The van der Waals surface area contributed by atoms with Gasteiger partial charge in [-0.3, -0.25) is 4.79 Å². The van der Waals surface area contributed by atoms with E-state index in [0.717, 1.165) is 48.6 Å². The largest absolute Gasteiger partial charge is 0.352 e. The summed E-state index contributed by atoms with van der Waals surface area (Å²) in [4.78, 5) is 12.8. The number of amides is 1. The second-order valence-electron chi connectivity index (χ2n) is 9.72. The molecule has 6 rings (SSSR count). The van der Waals surface area contributed by atoms with Crippen molar-refractivity contribution in [3.63, 3.8) is 0 Å². The number of carbonyl (C=O) groups is 1. The third-order valence-electron chi connectivity index (χ3n) is 7.40. The first-order chi connectivity index (χ1) is 17.2. The number of rotatable bonds is 6. The summed E-state index contributed by atoms with van der Waals surface area (Å²) < 4.78 is 0. The number of hydrogen-bond acceptors (Lipinski definition) is 2. The van der Waals surface area contributed by atoms with Crippen molar-refractivity contribution in [3.8, 4) is 0 Å². The van der Waals surface area contributed by atoms with Crippen LogP contribution >= 0.6 is 0 Å². The van der Waals surface area contributed by atoms with E-state index in [4.69, 9.17) is 0 Å². The molecule has 3 heteroatoms. The zero-order valence-electron chi connectivity index (χ0n) is 19.9. The van der Waals surface area contributed by atoms with Crippen LogP contribution in [0.5, 0.6) is 0 Å². The van der Waals surface area contributed by atoms with Crippen LogP contribution in [0.2, 0.25) is 0 Å². The summed E-state index contributed by atoms with van der Waals surface area (Å²) >= 11 is 0. The normalized spacial score (nSPS) is 15.4. The zero-order valence-corrected chi connectivity index (χ0v) is 19.9. The Morgan fingerprint density at radius 2 is 1.49 bits per heavy atom. The van der Waals surface area contributed by atoms with E-state index in [0.29, 0.717) is 12.6 Å². The molecule has 3 nitrogen and oxygen atoms in total. The van der Waals surface area contributed by atoms with Crippen molar-refractivity contribution in [2.45, 2.75) is 38.3 Å². The summed E-state index contributed by atoms with van der Waals surface area (Å²) in [6.07, 6.45) is 4.29. The van der Waals surface area contributed by atoms with Crippen LogP contribution in [0, 0.1) is 0 Å². The predicted octanol–water partition coefficient (Wildman–Crippen LogP) is 6.76. The summed E-state index contributed by atoms with van der Waals surface area (Å²) in [7, 11) is 0. The third kappa shape index (κ3) is 4.52. The molecule has 1 heterocycles. The number of hydrogen-bond donors (Lipinski definition) is 2. The Morgan fingerprint density at radius 3 is 2.34 bits per heavy atom. The Hall–Kier alpha value is -3.69. The topological polar surface area (TPSA) is 41.1 Å². The lowest BCUT2D eigenvalue weighted by atomic mass is 9.89. The lowest BCUT2D eigenvalue weighted by Crippen LogP contribution is -2.35. The summed E-state index contributed by atoms with van der Waals surface area (Å²) in [6, 6.07) is 32.4. The van der Waals surface area contributed by atoms with Crippen molar-refractivity contribution in [1.82, 2.24) is 10.6 Å². The molecule has 1 unspecified atom stereocenters. The molecule has 35 heavy (non-hydrogen) atoms. The Morgan fingerprint density at radius 1 is 0.771 bits per heavy atom. The molecule has 0 radical (unpaired) electrons. The van der Waals surface area contributed by atoms with Gasteiger partial charge < -0.3 is 10.6 Å². The van der Waals surface area contributed by atoms with Crippen molar-refractivity contribution in [2.24, 2.45) is 0 Å². The molecule has 5 aromatic rings. The summed E-state index contributed by atoms with van der Waals surface area (Å²) in [5.41, 5.74) is 3.66. The summed E-state index contributed by atoms with van der Waals surface area (Å²) in [6.45, 7) is 1.65. The number of carbonyl (C=O) groups excluding carboxylic acids is 1. The third-order valence-corrected chi connectivity index (χ3v) is 7.40. The van der Waals surface area contributed by atoms with Crippen molar-refractivity contribution >= 4 is 38.2 Å². The van der Waals surface area contributed by atoms with Gasteiger partial charge in [0.1, 0.15) is 0 Å². The summed E-state index contributed by atoms with van der Waals surface area (Å²) in [5.74, 6) is 0.0104. The second-order valence-corrected chi connectivity index (χ2v) is 9.72. The van der Waals surface area contributed by atoms with E-state index >= 15 is 0 Å². The molecular weight excluding hydrogens is 428 g/mol. The van der Waals surface area contributed by atoms with Crippen LogP contribution in [0.3, 0.4) is 0 Å². The van der Waals surface area contributed by atoms with Gasteiger partial charge >= 0.3 is 0 Å². The molecule has 1 aliphatic heterocycles. The first-order valence-corrected chi connectivity index (χ1v) is 12.7. The van der Waals surface area contributed by atoms with E-state index in [-0.39, 0.29) is 5.91 Å². The Labute approximate surface area is 206 Å². The van der Waals surface area contributed by atoms with Crippen molar-refractivity contribution in [3.05, 3.63) is 108 Å². The highest BCUT2D eigenvalue weighted by atomic mass is 16.1. The highest BCUT2D eigenvalue weighted by Gasteiger charge is 2.19. The highest BCUT2D eigenvalue weighted by molar-refractivity contribution is 6.03. The monoisotopic (exact) mass is 458 g/mol. The van der Waals surface area contributed by atoms with E-state index in [1.807, 2.05) is 18.2 Å². The van der Waals surface area contributed by atoms with Gasteiger partial charge in [0, 0.05) is 24.7 Å². The minimum Gasteiger partial charge on any atom is -0.352 e. The first-order valence-electron chi connectivity index (χ1n) is 12.7. The van der Waals surface area contributed by atoms with Gasteiger partial charge in [-0.25, -0.2) is 0 Å². The SMILES string of the molecule is O=C(NCCCCC1Cc2c(ccc3ccccc23)CN1)c1ccc2cc3ccccc3cc2c1. The Kier molecular flexibility index (Phi) is 5.93. The molecule has 1 amide bonds. The lowest BCUT2D eigenvalue weighted by Gasteiger charge is -2.27. The van der Waals surface area contributed by atoms with Crippen LogP contribution in [-0.2, 0) is 13.0 Å². The molecule has 0 spiro atoms. The molecule has 0 aliphatic carbocycles. The number of nitrogens with one attached hydrogen (secondary N) is 2. The van der Waals surface area contributed by atoms with Gasteiger partial charge in [-0.2, -0.15) is 0 Å². The first kappa shape index (κ1) is 21.8. The van der Waals surface area contributed by atoms with Crippen LogP contribution in [0.1, 0.15) is 40.7 Å². The molecule has 5 aromatic carbocycles. The minimum absolute atomic E-state index is 0.0104. The average molecular weight is 459 g/mol. The van der Waals surface area contributed by atoms with Crippen molar-refractivity contribution in [1.29, 1.82) is 0 Å². The number of fused-ring (bicyclic) bond motifs is 5. The van der Waals surface area contributed by atoms with E-state index in [9.17, 15) is 4.79 Å². The predicted molar refractivity (Wildman–Crippen MR) is 146 cm³/mol. The number of unbranched alkanes of at least 4 members (excludes halogenated alkanes) is 1. The van der Waals surface area contributed by atoms with Gasteiger partial charge in [-0.1, -0.05) is 73.2 Å². The summed E-state index contributed by atoms with van der Waals surface area (Å²) in [5, 5.41) is 14.2. The van der Waals surface area contributed by atoms with Crippen LogP contribution in [0.15, 0.2) is 91.0 Å². The molecular formula is C32H30N2O. The van der Waals surface area contributed by atoms with Gasteiger partial charge in [0.25, 0.3) is 5.91 Å². The van der Waals surface area contributed by atoms with Crippen LogP contribution < -0.4 is 10.6 Å². The van der Waals surface area contributed by atoms with Crippen LogP contribution in [-0.4, -0.2) is 18.5 Å². The van der Waals surface area contributed by atoms with E-state index in [1.165, 1.54) is 32.7 Å². The highest BCUT2D eigenvalue weighted by Crippen LogP contribution is 2.28. The maximum atomic E-state index is 12.8. The smallest absolute Gasteiger partial charge is 0.251 e. The Bertz CT molecular complexity index is 1540. The minimum atomic E-state index is 0.0104. The molecule has 0 aromatic heterocycles. The van der Waals surface area contributed by atoms with Crippen LogP contribution in [0.25, 0.3) is 32.3 Å². The van der Waals surface area contributed by atoms with Crippen LogP contribution in [0.4, 0.5) is 0 Å². The van der Waals surface area contributed by atoms with Gasteiger partial charge in [0.05, 0.1) is 0 Å². The van der Waals surface area contributed by atoms with E-state index in [2.05, 4.69) is 83.4 Å². The van der Waals surface area contributed by atoms with Crippen molar-refractivity contribution in [2.75, 3.05) is 6.54 Å². The molecule has 1 atom stereocenters. The average Bonchev–Trinajstić information content (AvgIpc) is 2.91. The molecule has 0 fully saturated rings.